The van der Waals surface area contributed by atoms with E-state index in [0.717, 1.165) is 16.6 Å². The Morgan fingerprint density at radius 2 is 2.11 bits per heavy atom. The van der Waals surface area contributed by atoms with Crippen molar-refractivity contribution in [3.8, 4) is 5.75 Å². The third kappa shape index (κ3) is 2.27. The normalized spacial score (nSPS) is 10.4. The van der Waals surface area contributed by atoms with Gasteiger partial charge in [-0.1, -0.05) is 6.07 Å². The molecule has 0 radical (unpaired) electrons. The van der Waals surface area contributed by atoms with Gasteiger partial charge in [0.25, 0.3) is 0 Å². The van der Waals surface area contributed by atoms with Gasteiger partial charge in [0.1, 0.15) is 11.3 Å². The van der Waals surface area contributed by atoms with Gasteiger partial charge in [0.15, 0.2) is 0 Å². The van der Waals surface area contributed by atoms with Gasteiger partial charge >= 0.3 is 5.97 Å². The van der Waals surface area contributed by atoms with E-state index in [0.29, 0.717) is 17.9 Å². The molecular formula is C14H15NO3. The molecular weight excluding hydrogens is 230 g/mol. The Balaban J connectivity index is 2.60. The van der Waals surface area contributed by atoms with Gasteiger partial charge < -0.3 is 9.47 Å². The minimum absolute atomic E-state index is 0.335. The molecule has 0 amide bonds. The minimum atomic E-state index is -0.389. The lowest BCUT2D eigenvalue weighted by atomic mass is 10.1. The maximum absolute atomic E-state index is 11.8. The van der Waals surface area contributed by atoms with Crippen molar-refractivity contribution in [2.75, 3.05) is 13.7 Å². The Morgan fingerprint density at radius 1 is 1.33 bits per heavy atom. The summed E-state index contributed by atoms with van der Waals surface area (Å²) in [6, 6.07) is 7.38. The molecule has 94 valence electrons. The zero-order valence-electron chi connectivity index (χ0n) is 10.7. The monoisotopic (exact) mass is 245 g/mol. The lowest BCUT2D eigenvalue weighted by Gasteiger charge is -2.09. The number of methoxy groups -OCH3 is 1. The number of aromatic nitrogens is 1. The van der Waals surface area contributed by atoms with Gasteiger partial charge in [-0.05, 0) is 32.0 Å². The van der Waals surface area contributed by atoms with E-state index in [2.05, 4.69) is 4.98 Å². The highest BCUT2D eigenvalue weighted by Gasteiger charge is 2.15. The van der Waals surface area contributed by atoms with Crippen LogP contribution in [0.3, 0.4) is 0 Å². The van der Waals surface area contributed by atoms with Crippen molar-refractivity contribution in [2.24, 2.45) is 0 Å². The van der Waals surface area contributed by atoms with E-state index < -0.39 is 0 Å². The molecule has 1 aromatic heterocycles. The summed E-state index contributed by atoms with van der Waals surface area (Å²) in [5, 5.41) is 0.936. The summed E-state index contributed by atoms with van der Waals surface area (Å²) in [5.74, 6) is 0.117. The van der Waals surface area contributed by atoms with Gasteiger partial charge in [0.05, 0.1) is 19.2 Å². The number of hydrogen-bond donors (Lipinski definition) is 0. The number of carbonyl (C=O) groups excluding carboxylic acids is 1. The Kier molecular flexibility index (Phi) is 3.46. The molecule has 0 bridgehead atoms. The van der Waals surface area contributed by atoms with E-state index in [9.17, 15) is 4.79 Å². The number of fused-ring (bicyclic) bond motifs is 1. The maximum Gasteiger partial charge on any atom is 0.341 e. The van der Waals surface area contributed by atoms with Gasteiger partial charge in [-0.25, -0.2) is 4.79 Å². The van der Waals surface area contributed by atoms with Crippen molar-refractivity contribution in [2.45, 2.75) is 13.8 Å². The second kappa shape index (κ2) is 5.04. The first-order valence-corrected chi connectivity index (χ1v) is 5.78. The lowest BCUT2D eigenvalue weighted by molar-refractivity contribution is 0.0523. The van der Waals surface area contributed by atoms with E-state index in [1.165, 1.54) is 7.11 Å². The summed E-state index contributed by atoms with van der Waals surface area (Å²) in [4.78, 5) is 16.2. The maximum atomic E-state index is 11.8. The zero-order valence-corrected chi connectivity index (χ0v) is 10.7. The number of hydrogen-bond acceptors (Lipinski definition) is 4. The van der Waals surface area contributed by atoms with Gasteiger partial charge in [-0.2, -0.15) is 0 Å². The number of rotatable bonds is 3. The van der Waals surface area contributed by atoms with Crippen LogP contribution in [-0.2, 0) is 4.74 Å². The van der Waals surface area contributed by atoms with Crippen LogP contribution in [0.4, 0.5) is 0 Å². The van der Waals surface area contributed by atoms with Crippen LogP contribution in [0.5, 0.6) is 5.75 Å². The molecule has 0 N–H and O–H groups in total. The Hall–Kier alpha value is -2.10. The Morgan fingerprint density at radius 3 is 2.78 bits per heavy atom. The predicted molar refractivity (Wildman–Crippen MR) is 69.0 cm³/mol. The molecule has 1 aromatic carbocycles. The predicted octanol–water partition coefficient (Wildman–Crippen LogP) is 2.73. The highest BCUT2D eigenvalue weighted by molar-refractivity contribution is 5.97. The van der Waals surface area contributed by atoms with Crippen LogP contribution in [0.2, 0.25) is 0 Å². The molecule has 2 aromatic rings. The molecule has 0 fully saturated rings. The van der Waals surface area contributed by atoms with Crippen molar-refractivity contribution in [3.63, 3.8) is 0 Å². The molecule has 2 rings (SSSR count). The smallest absolute Gasteiger partial charge is 0.341 e. The minimum Gasteiger partial charge on any atom is -0.496 e. The molecule has 0 saturated heterocycles. The van der Waals surface area contributed by atoms with Crippen molar-refractivity contribution in [1.82, 2.24) is 4.98 Å². The third-order valence-corrected chi connectivity index (χ3v) is 2.65. The quantitative estimate of drug-likeness (QED) is 0.780. The van der Waals surface area contributed by atoms with Crippen LogP contribution in [0.15, 0.2) is 24.3 Å². The van der Waals surface area contributed by atoms with Gasteiger partial charge in [0, 0.05) is 11.1 Å². The van der Waals surface area contributed by atoms with E-state index in [4.69, 9.17) is 9.47 Å². The van der Waals surface area contributed by atoms with E-state index in [-0.39, 0.29) is 5.97 Å². The second-order valence-corrected chi connectivity index (χ2v) is 3.92. The summed E-state index contributed by atoms with van der Waals surface area (Å²) in [5.41, 5.74) is 2.08. The van der Waals surface area contributed by atoms with Crippen LogP contribution >= 0.6 is 0 Å². The van der Waals surface area contributed by atoms with Gasteiger partial charge in [-0.3, -0.25) is 4.98 Å². The zero-order chi connectivity index (χ0) is 13.1. The molecule has 0 saturated carbocycles. The van der Waals surface area contributed by atoms with Crippen LogP contribution in [-0.4, -0.2) is 24.7 Å². The fourth-order valence-corrected chi connectivity index (χ4v) is 1.79. The number of ether oxygens (including phenoxy) is 2. The van der Waals surface area contributed by atoms with Crippen LogP contribution in [0, 0.1) is 6.92 Å². The lowest BCUT2D eigenvalue weighted by Crippen LogP contribution is -2.07. The summed E-state index contributed by atoms with van der Waals surface area (Å²) in [7, 11) is 1.53. The molecule has 0 spiro atoms. The van der Waals surface area contributed by atoms with Crippen molar-refractivity contribution in [1.29, 1.82) is 0 Å². The first-order valence-electron chi connectivity index (χ1n) is 5.78. The van der Waals surface area contributed by atoms with Crippen molar-refractivity contribution < 1.29 is 14.3 Å². The molecule has 0 aliphatic rings. The van der Waals surface area contributed by atoms with Crippen molar-refractivity contribution in [3.05, 3.63) is 35.5 Å². The molecule has 18 heavy (non-hydrogen) atoms. The summed E-state index contributed by atoms with van der Waals surface area (Å²) in [6.45, 7) is 4.02. The highest BCUT2D eigenvalue weighted by atomic mass is 16.5. The number of carbonyl (C=O) groups is 1. The average Bonchev–Trinajstić information content (AvgIpc) is 2.37. The molecule has 0 aliphatic heterocycles. The van der Waals surface area contributed by atoms with Gasteiger partial charge in [-0.15, -0.1) is 0 Å². The van der Waals surface area contributed by atoms with E-state index in [1.807, 2.05) is 19.1 Å². The summed E-state index contributed by atoms with van der Waals surface area (Å²) >= 11 is 0. The van der Waals surface area contributed by atoms with Crippen LogP contribution in [0.25, 0.3) is 10.9 Å². The average molecular weight is 245 g/mol. The Bertz CT molecular complexity index is 593. The standard InChI is InChI=1S/C14H15NO3/c1-4-18-14(16)11-8-12-10(7-13(11)17-3)6-5-9(2)15-12/h5-8H,4H2,1-3H3. The topological polar surface area (TPSA) is 48.4 Å². The number of nitrogens with zero attached hydrogens (tertiary/aromatic N) is 1. The SMILES string of the molecule is CCOC(=O)c1cc2nc(C)ccc2cc1OC. The molecule has 1 heterocycles. The molecule has 0 atom stereocenters. The molecule has 0 aliphatic carbocycles. The van der Waals surface area contributed by atoms with Crippen LogP contribution in [0.1, 0.15) is 23.0 Å². The summed E-state index contributed by atoms with van der Waals surface area (Å²) in [6.07, 6.45) is 0. The first-order chi connectivity index (χ1) is 8.65. The molecule has 0 unspecified atom stereocenters. The van der Waals surface area contributed by atoms with Gasteiger partial charge in [0.2, 0.25) is 0 Å². The number of esters is 1. The first kappa shape index (κ1) is 12.4. The summed E-state index contributed by atoms with van der Waals surface area (Å²) < 4.78 is 10.2. The van der Waals surface area contributed by atoms with E-state index >= 15 is 0 Å². The number of pyridine rings is 1. The number of aryl methyl sites for hydroxylation is 1. The Labute approximate surface area is 106 Å². The van der Waals surface area contributed by atoms with E-state index in [1.54, 1.807) is 19.1 Å². The molecule has 4 heteroatoms. The third-order valence-electron chi connectivity index (χ3n) is 2.65. The fourth-order valence-electron chi connectivity index (χ4n) is 1.79. The molecule has 4 nitrogen and oxygen atoms in total. The van der Waals surface area contributed by atoms with Crippen molar-refractivity contribution >= 4 is 16.9 Å². The number of benzene rings is 1. The fraction of sp³-hybridized carbons (Fsp3) is 0.286. The largest absolute Gasteiger partial charge is 0.496 e. The highest BCUT2D eigenvalue weighted by Crippen LogP contribution is 2.25. The van der Waals surface area contributed by atoms with Crippen LogP contribution < -0.4 is 4.74 Å². The second-order valence-electron chi connectivity index (χ2n) is 3.92.